The molecule has 1 aromatic rings. The number of guanidine groups is 1. The Kier molecular flexibility index (Phi) is 2.96. The molecule has 3 rings (SSSR count). The first-order valence-corrected chi connectivity index (χ1v) is 7.03. The maximum Gasteiger partial charge on any atom is 0.196 e. The van der Waals surface area contributed by atoms with Crippen molar-refractivity contribution in [2.75, 3.05) is 11.4 Å². The smallest absolute Gasteiger partial charge is 0.196 e. The van der Waals surface area contributed by atoms with Gasteiger partial charge in [0.05, 0.1) is 12.1 Å². The summed E-state index contributed by atoms with van der Waals surface area (Å²) >= 11 is 0. The van der Waals surface area contributed by atoms with Crippen molar-refractivity contribution < 1.29 is 4.39 Å². The van der Waals surface area contributed by atoms with Crippen molar-refractivity contribution in [1.82, 2.24) is 0 Å². The van der Waals surface area contributed by atoms with Gasteiger partial charge in [-0.1, -0.05) is 25.8 Å². The molecule has 1 heterocycles. The summed E-state index contributed by atoms with van der Waals surface area (Å²) < 4.78 is 13.5. The lowest BCUT2D eigenvalue weighted by Gasteiger charge is -2.40. The lowest BCUT2D eigenvalue weighted by atomic mass is 9.84. The molecule has 2 aliphatic rings. The lowest BCUT2D eigenvalue weighted by molar-refractivity contribution is 0.331. The van der Waals surface area contributed by atoms with E-state index in [1.54, 1.807) is 12.1 Å². The molecule has 0 amide bonds. The standard InChI is InChI=1S/C15H20FN3/c1-2-11-5-4-8-15(11)10-18-14(17)19(15)13-7-3-6-12(16)9-13/h3,6-7,9,11H,2,4-5,8,10H2,1H3,(H2,17,18). The topological polar surface area (TPSA) is 41.6 Å². The summed E-state index contributed by atoms with van der Waals surface area (Å²) in [6.45, 7) is 2.96. The molecular weight excluding hydrogens is 241 g/mol. The summed E-state index contributed by atoms with van der Waals surface area (Å²) in [6.07, 6.45) is 4.62. The van der Waals surface area contributed by atoms with Crippen LogP contribution in [0, 0.1) is 11.7 Å². The predicted octanol–water partition coefficient (Wildman–Crippen LogP) is 2.91. The molecular formula is C15H20FN3. The molecule has 1 aliphatic heterocycles. The molecule has 2 unspecified atom stereocenters. The van der Waals surface area contributed by atoms with Gasteiger partial charge in [0.25, 0.3) is 0 Å². The van der Waals surface area contributed by atoms with Gasteiger partial charge in [-0.05, 0) is 37.0 Å². The highest BCUT2D eigenvalue weighted by atomic mass is 19.1. The van der Waals surface area contributed by atoms with Gasteiger partial charge in [0, 0.05) is 5.69 Å². The van der Waals surface area contributed by atoms with E-state index in [2.05, 4.69) is 16.8 Å². The van der Waals surface area contributed by atoms with Gasteiger partial charge >= 0.3 is 0 Å². The first-order chi connectivity index (χ1) is 9.17. The number of aliphatic imine (C=N–C) groups is 1. The zero-order chi connectivity index (χ0) is 13.5. The average Bonchev–Trinajstić information content (AvgIpc) is 2.95. The molecule has 3 nitrogen and oxygen atoms in total. The molecule has 1 saturated carbocycles. The molecule has 1 aromatic carbocycles. The van der Waals surface area contributed by atoms with Crippen molar-refractivity contribution in [3.63, 3.8) is 0 Å². The van der Waals surface area contributed by atoms with E-state index in [0.29, 0.717) is 11.9 Å². The summed E-state index contributed by atoms with van der Waals surface area (Å²) in [5.74, 6) is 0.893. The summed E-state index contributed by atoms with van der Waals surface area (Å²) in [4.78, 5) is 6.54. The fourth-order valence-electron chi connectivity index (χ4n) is 3.81. The molecule has 0 radical (unpaired) electrons. The molecule has 1 spiro atoms. The van der Waals surface area contributed by atoms with E-state index in [4.69, 9.17) is 5.73 Å². The second kappa shape index (κ2) is 4.51. The van der Waals surface area contributed by atoms with E-state index in [-0.39, 0.29) is 11.4 Å². The number of benzene rings is 1. The van der Waals surface area contributed by atoms with Gasteiger partial charge in [-0.2, -0.15) is 0 Å². The van der Waals surface area contributed by atoms with Crippen LogP contribution >= 0.6 is 0 Å². The van der Waals surface area contributed by atoms with Crippen LogP contribution in [-0.2, 0) is 0 Å². The quantitative estimate of drug-likeness (QED) is 0.889. The molecule has 1 aliphatic carbocycles. The van der Waals surface area contributed by atoms with Crippen molar-refractivity contribution in [2.24, 2.45) is 16.6 Å². The molecule has 2 N–H and O–H groups in total. The predicted molar refractivity (Wildman–Crippen MR) is 75.7 cm³/mol. The van der Waals surface area contributed by atoms with E-state index in [1.165, 1.54) is 18.9 Å². The first-order valence-electron chi connectivity index (χ1n) is 7.03. The van der Waals surface area contributed by atoms with Crippen LogP contribution in [0.15, 0.2) is 29.3 Å². The lowest BCUT2D eigenvalue weighted by Crippen LogP contribution is -2.54. The fourth-order valence-corrected chi connectivity index (χ4v) is 3.81. The number of halogens is 1. The molecule has 19 heavy (non-hydrogen) atoms. The Hall–Kier alpha value is -1.58. The number of hydrogen-bond acceptors (Lipinski definition) is 3. The van der Waals surface area contributed by atoms with Crippen LogP contribution in [-0.4, -0.2) is 18.0 Å². The minimum absolute atomic E-state index is 0.0212. The summed E-state index contributed by atoms with van der Waals surface area (Å²) in [5.41, 5.74) is 6.90. The largest absolute Gasteiger partial charge is 0.369 e. The van der Waals surface area contributed by atoms with E-state index >= 15 is 0 Å². The monoisotopic (exact) mass is 261 g/mol. The molecule has 0 saturated heterocycles. The Labute approximate surface area is 113 Å². The Bertz CT molecular complexity index is 514. The Morgan fingerprint density at radius 1 is 1.53 bits per heavy atom. The van der Waals surface area contributed by atoms with Gasteiger partial charge in [0.1, 0.15) is 5.82 Å². The van der Waals surface area contributed by atoms with E-state index in [1.807, 2.05) is 6.07 Å². The Morgan fingerprint density at radius 2 is 2.37 bits per heavy atom. The average molecular weight is 261 g/mol. The second-order valence-electron chi connectivity index (χ2n) is 5.59. The van der Waals surface area contributed by atoms with Gasteiger partial charge in [-0.25, -0.2) is 4.39 Å². The molecule has 0 aromatic heterocycles. The van der Waals surface area contributed by atoms with Crippen molar-refractivity contribution in [3.05, 3.63) is 30.1 Å². The maximum absolute atomic E-state index is 13.5. The van der Waals surface area contributed by atoms with Crippen LogP contribution < -0.4 is 10.6 Å². The highest BCUT2D eigenvalue weighted by Crippen LogP contribution is 2.46. The zero-order valence-electron chi connectivity index (χ0n) is 11.3. The zero-order valence-corrected chi connectivity index (χ0v) is 11.3. The third-order valence-corrected chi connectivity index (χ3v) is 4.67. The number of anilines is 1. The fraction of sp³-hybridized carbons (Fsp3) is 0.533. The van der Waals surface area contributed by atoms with Crippen LogP contribution in [0.3, 0.4) is 0 Å². The van der Waals surface area contributed by atoms with Crippen LogP contribution in [0.5, 0.6) is 0 Å². The van der Waals surface area contributed by atoms with Gasteiger partial charge in [0.2, 0.25) is 0 Å². The second-order valence-corrected chi connectivity index (χ2v) is 5.59. The number of nitrogens with zero attached hydrogens (tertiary/aromatic N) is 2. The Balaban J connectivity index is 2.03. The van der Waals surface area contributed by atoms with Crippen LogP contribution in [0.25, 0.3) is 0 Å². The highest BCUT2D eigenvalue weighted by Gasteiger charge is 2.50. The van der Waals surface area contributed by atoms with E-state index in [0.717, 1.165) is 25.1 Å². The minimum atomic E-state index is -0.224. The third-order valence-electron chi connectivity index (χ3n) is 4.67. The SMILES string of the molecule is CCC1CCCC12CN=C(N)N2c1cccc(F)c1. The minimum Gasteiger partial charge on any atom is -0.369 e. The third kappa shape index (κ3) is 1.81. The van der Waals surface area contributed by atoms with Crippen molar-refractivity contribution >= 4 is 11.6 Å². The number of hydrogen-bond donors (Lipinski definition) is 1. The number of nitrogens with two attached hydrogens (primary N) is 1. The van der Waals surface area contributed by atoms with Crippen molar-refractivity contribution in [1.29, 1.82) is 0 Å². The van der Waals surface area contributed by atoms with Crippen LogP contribution in [0.1, 0.15) is 32.6 Å². The first kappa shape index (κ1) is 12.5. The van der Waals surface area contributed by atoms with E-state index < -0.39 is 0 Å². The molecule has 102 valence electrons. The van der Waals surface area contributed by atoms with Crippen molar-refractivity contribution in [3.8, 4) is 0 Å². The Morgan fingerprint density at radius 3 is 3.11 bits per heavy atom. The molecule has 1 fully saturated rings. The highest BCUT2D eigenvalue weighted by molar-refractivity contribution is 5.98. The van der Waals surface area contributed by atoms with Crippen LogP contribution in [0.4, 0.5) is 10.1 Å². The summed E-state index contributed by atoms with van der Waals surface area (Å²) in [7, 11) is 0. The van der Waals surface area contributed by atoms with E-state index in [9.17, 15) is 4.39 Å². The molecule has 0 bridgehead atoms. The van der Waals surface area contributed by atoms with Gasteiger partial charge < -0.3 is 10.6 Å². The van der Waals surface area contributed by atoms with Gasteiger partial charge in [-0.3, -0.25) is 4.99 Å². The number of rotatable bonds is 2. The van der Waals surface area contributed by atoms with Gasteiger partial charge in [-0.15, -0.1) is 0 Å². The summed E-state index contributed by atoms with van der Waals surface area (Å²) in [6, 6.07) is 6.68. The maximum atomic E-state index is 13.5. The molecule has 2 atom stereocenters. The van der Waals surface area contributed by atoms with Crippen LogP contribution in [0.2, 0.25) is 0 Å². The summed E-state index contributed by atoms with van der Waals surface area (Å²) in [5, 5.41) is 0. The molecule has 4 heteroatoms. The van der Waals surface area contributed by atoms with Gasteiger partial charge in [0.15, 0.2) is 5.96 Å². The normalized spacial score (nSPS) is 30.1. The van der Waals surface area contributed by atoms with Crippen molar-refractivity contribution in [2.45, 2.75) is 38.1 Å².